The molecular weight excluding hydrogens is 268 g/mol. The van der Waals surface area contributed by atoms with Gasteiger partial charge in [-0.15, -0.1) is 0 Å². The summed E-state index contributed by atoms with van der Waals surface area (Å²) < 4.78 is 1.61. The first kappa shape index (κ1) is 13.4. The Hall–Kier alpha value is -2.63. The maximum absolute atomic E-state index is 12.5. The van der Waals surface area contributed by atoms with Crippen LogP contribution in [-0.2, 0) is 16.6 Å². The average Bonchev–Trinajstić information content (AvgIpc) is 2.89. The third kappa shape index (κ3) is 2.29. The Kier molecular flexibility index (Phi) is 3.21. The molecule has 2 atom stereocenters. The number of aryl methyl sites for hydroxylation is 1. The first-order chi connectivity index (χ1) is 10.1. The van der Waals surface area contributed by atoms with Crippen molar-refractivity contribution < 1.29 is 9.59 Å². The highest BCUT2D eigenvalue weighted by Gasteiger charge is 2.41. The lowest BCUT2D eigenvalue weighted by atomic mass is 10.00. The minimum absolute atomic E-state index is 0.165. The molecule has 0 radical (unpaired) electrons. The van der Waals surface area contributed by atoms with Crippen LogP contribution in [0.15, 0.2) is 42.6 Å². The number of aromatic nitrogens is 2. The number of rotatable bonds is 2. The molecule has 6 nitrogen and oxygen atoms in total. The number of hydrogen-bond acceptors (Lipinski definition) is 3. The van der Waals surface area contributed by atoms with Crippen LogP contribution in [0.2, 0.25) is 0 Å². The van der Waals surface area contributed by atoms with Crippen molar-refractivity contribution in [3.8, 4) is 0 Å². The number of carbonyl (C=O) groups is 2. The van der Waals surface area contributed by atoms with Gasteiger partial charge in [0.2, 0.25) is 5.91 Å². The summed E-state index contributed by atoms with van der Waals surface area (Å²) in [6, 6.07) is 9.74. The highest BCUT2D eigenvalue weighted by atomic mass is 16.2. The SMILES string of the molecule is CC1NC(=O)C(c2ccccc2)N(c2ccn(C)n2)C1=O. The molecule has 0 bridgehead atoms. The van der Waals surface area contributed by atoms with E-state index in [0.29, 0.717) is 5.82 Å². The van der Waals surface area contributed by atoms with E-state index in [2.05, 4.69) is 10.4 Å². The van der Waals surface area contributed by atoms with Gasteiger partial charge in [0.1, 0.15) is 12.1 Å². The highest BCUT2D eigenvalue weighted by molar-refractivity contribution is 6.08. The van der Waals surface area contributed by atoms with Crippen molar-refractivity contribution in [3.05, 3.63) is 48.2 Å². The van der Waals surface area contributed by atoms with Crippen LogP contribution in [-0.4, -0.2) is 27.6 Å². The maximum atomic E-state index is 12.5. The second kappa shape index (κ2) is 5.05. The zero-order chi connectivity index (χ0) is 15.0. The summed E-state index contributed by atoms with van der Waals surface area (Å²) in [7, 11) is 1.78. The second-order valence-corrected chi connectivity index (χ2v) is 5.10. The van der Waals surface area contributed by atoms with Crippen LogP contribution in [0.25, 0.3) is 0 Å². The fourth-order valence-corrected chi connectivity index (χ4v) is 2.52. The number of nitrogens with zero attached hydrogens (tertiary/aromatic N) is 3. The van der Waals surface area contributed by atoms with E-state index in [9.17, 15) is 9.59 Å². The quantitative estimate of drug-likeness (QED) is 0.895. The molecule has 108 valence electrons. The Bertz CT molecular complexity index is 680. The fourth-order valence-electron chi connectivity index (χ4n) is 2.52. The molecule has 1 aliphatic heterocycles. The van der Waals surface area contributed by atoms with Gasteiger partial charge in [-0.1, -0.05) is 30.3 Å². The van der Waals surface area contributed by atoms with E-state index in [1.165, 1.54) is 4.90 Å². The Morgan fingerprint density at radius 1 is 1.14 bits per heavy atom. The van der Waals surface area contributed by atoms with Gasteiger partial charge in [-0.05, 0) is 12.5 Å². The molecule has 1 aromatic carbocycles. The van der Waals surface area contributed by atoms with Gasteiger partial charge in [-0.3, -0.25) is 19.2 Å². The van der Waals surface area contributed by atoms with Gasteiger partial charge in [0, 0.05) is 19.3 Å². The van der Waals surface area contributed by atoms with E-state index in [-0.39, 0.29) is 11.8 Å². The summed E-state index contributed by atoms with van der Waals surface area (Å²) in [6.45, 7) is 1.68. The molecule has 0 aliphatic carbocycles. The second-order valence-electron chi connectivity index (χ2n) is 5.10. The van der Waals surface area contributed by atoms with Crippen LogP contribution >= 0.6 is 0 Å². The van der Waals surface area contributed by atoms with E-state index in [4.69, 9.17) is 0 Å². The molecule has 2 heterocycles. The summed E-state index contributed by atoms with van der Waals surface area (Å²) in [5.74, 6) is 0.124. The van der Waals surface area contributed by atoms with Crippen LogP contribution in [0.5, 0.6) is 0 Å². The van der Waals surface area contributed by atoms with Gasteiger partial charge in [0.25, 0.3) is 5.91 Å². The Balaban J connectivity index is 2.09. The van der Waals surface area contributed by atoms with Gasteiger partial charge in [0.15, 0.2) is 5.82 Å². The molecule has 21 heavy (non-hydrogen) atoms. The molecule has 2 unspecified atom stereocenters. The molecule has 1 aliphatic rings. The highest BCUT2D eigenvalue weighted by Crippen LogP contribution is 2.29. The first-order valence-electron chi connectivity index (χ1n) is 6.76. The molecule has 2 amide bonds. The van der Waals surface area contributed by atoms with Gasteiger partial charge >= 0.3 is 0 Å². The summed E-state index contributed by atoms with van der Waals surface area (Å²) in [4.78, 5) is 26.4. The van der Waals surface area contributed by atoms with Crippen LogP contribution in [0.1, 0.15) is 18.5 Å². The molecule has 0 saturated carbocycles. The summed E-state index contributed by atoms with van der Waals surface area (Å²) in [5.41, 5.74) is 0.765. The summed E-state index contributed by atoms with van der Waals surface area (Å²) >= 11 is 0. The zero-order valence-electron chi connectivity index (χ0n) is 11.9. The number of benzene rings is 1. The minimum atomic E-state index is -0.690. The number of carbonyl (C=O) groups excluding carboxylic acids is 2. The summed E-state index contributed by atoms with van der Waals surface area (Å²) in [5, 5.41) is 6.99. The van der Waals surface area contributed by atoms with Gasteiger partial charge in [0.05, 0.1) is 0 Å². The summed E-state index contributed by atoms with van der Waals surface area (Å²) in [6.07, 6.45) is 1.75. The Morgan fingerprint density at radius 2 is 1.86 bits per heavy atom. The third-order valence-electron chi connectivity index (χ3n) is 3.53. The Labute approximate surface area is 122 Å². The monoisotopic (exact) mass is 284 g/mol. The topological polar surface area (TPSA) is 67.2 Å². The van der Waals surface area contributed by atoms with Crippen molar-refractivity contribution in [3.63, 3.8) is 0 Å². The van der Waals surface area contributed by atoms with Crippen LogP contribution < -0.4 is 10.2 Å². The van der Waals surface area contributed by atoms with Crippen molar-refractivity contribution in [1.82, 2.24) is 15.1 Å². The first-order valence-corrected chi connectivity index (χ1v) is 6.76. The Morgan fingerprint density at radius 3 is 2.48 bits per heavy atom. The zero-order valence-corrected chi connectivity index (χ0v) is 11.9. The normalized spacial score (nSPS) is 22.3. The molecule has 1 N–H and O–H groups in total. The lowest BCUT2D eigenvalue weighted by Gasteiger charge is -2.36. The number of piperazine rings is 1. The third-order valence-corrected chi connectivity index (χ3v) is 3.53. The molecule has 6 heteroatoms. The van der Waals surface area contributed by atoms with Crippen molar-refractivity contribution in [2.45, 2.75) is 19.0 Å². The van der Waals surface area contributed by atoms with E-state index >= 15 is 0 Å². The smallest absolute Gasteiger partial charge is 0.251 e. The molecule has 1 aromatic heterocycles. The van der Waals surface area contributed by atoms with Crippen molar-refractivity contribution in [2.75, 3.05) is 4.90 Å². The van der Waals surface area contributed by atoms with Crippen LogP contribution in [0.3, 0.4) is 0 Å². The van der Waals surface area contributed by atoms with Crippen molar-refractivity contribution >= 4 is 17.6 Å². The maximum Gasteiger partial charge on any atom is 0.251 e. The molecule has 3 rings (SSSR count). The number of amides is 2. The van der Waals surface area contributed by atoms with E-state index in [0.717, 1.165) is 5.56 Å². The van der Waals surface area contributed by atoms with Gasteiger partial charge in [-0.2, -0.15) is 5.10 Å². The molecule has 1 fully saturated rings. The molecule has 1 saturated heterocycles. The van der Waals surface area contributed by atoms with Gasteiger partial charge in [-0.25, -0.2) is 0 Å². The number of anilines is 1. The largest absolute Gasteiger partial charge is 0.342 e. The molecule has 2 aromatic rings. The van der Waals surface area contributed by atoms with Crippen molar-refractivity contribution in [2.24, 2.45) is 7.05 Å². The van der Waals surface area contributed by atoms with E-state index < -0.39 is 12.1 Å². The standard InChI is InChI=1S/C15H16N4O2/c1-10-15(21)19(12-8-9-18(2)17-12)13(14(20)16-10)11-6-4-3-5-7-11/h3-10,13H,1-2H3,(H,16,20). The predicted octanol–water partition coefficient (Wildman–Crippen LogP) is 1.01. The molecule has 0 spiro atoms. The van der Waals surface area contributed by atoms with Crippen LogP contribution in [0, 0.1) is 0 Å². The average molecular weight is 284 g/mol. The number of nitrogens with one attached hydrogen (secondary N) is 1. The lowest BCUT2D eigenvalue weighted by molar-refractivity contribution is -0.133. The molecular formula is C15H16N4O2. The van der Waals surface area contributed by atoms with Crippen LogP contribution in [0.4, 0.5) is 5.82 Å². The van der Waals surface area contributed by atoms with Gasteiger partial charge < -0.3 is 5.32 Å². The minimum Gasteiger partial charge on any atom is -0.342 e. The van der Waals surface area contributed by atoms with E-state index in [1.54, 1.807) is 30.9 Å². The predicted molar refractivity (Wildman–Crippen MR) is 77.5 cm³/mol. The van der Waals surface area contributed by atoms with Crippen molar-refractivity contribution in [1.29, 1.82) is 0 Å². The fraction of sp³-hybridized carbons (Fsp3) is 0.267. The number of hydrogen-bond donors (Lipinski definition) is 1. The lowest BCUT2D eigenvalue weighted by Crippen LogP contribution is -2.58. The van der Waals surface area contributed by atoms with E-state index in [1.807, 2.05) is 30.3 Å².